The molecule has 1 saturated heterocycles. The maximum Gasteiger partial charge on any atom is 0.264 e. The fraction of sp³-hybridized carbons (Fsp3) is 0.658. The fourth-order valence-electron chi connectivity index (χ4n) is 8.10. The summed E-state index contributed by atoms with van der Waals surface area (Å²) >= 11 is 6.38. The van der Waals surface area contributed by atoms with Crippen LogP contribution < -0.4 is 14.4 Å². The highest BCUT2D eigenvalue weighted by Crippen LogP contribution is 2.47. The van der Waals surface area contributed by atoms with Gasteiger partial charge in [0.05, 0.1) is 36.3 Å². The van der Waals surface area contributed by atoms with E-state index in [1.165, 1.54) is 5.56 Å². The van der Waals surface area contributed by atoms with Crippen LogP contribution in [0.2, 0.25) is 5.02 Å². The van der Waals surface area contributed by atoms with Crippen molar-refractivity contribution in [1.29, 1.82) is 0 Å². The lowest BCUT2D eigenvalue weighted by atomic mass is 9.65. The van der Waals surface area contributed by atoms with Gasteiger partial charge in [-0.2, -0.15) is 0 Å². The van der Waals surface area contributed by atoms with Gasteiger partial charge in [0, 0.05) is 29.6 Å². The minimum atomic E-state index is -3.94. The number of aryl methyl sites for hydroxylation is 1. The van der Waals surface area contributed by atoms with Gasteiger partial charge in [0.2, 0.25) is 10.0 Å². The monoisotopic (exact) mass is 731 g/mol. The molecule has 0 radical (unpaired) electrons. The molecule has 276 valence electrons. The second-order valence-electron chi connectivity index (χ2n) is 15.3. The zero-order valence-corrected chi connectivity index (χ0v) is 31.5. The number of fused-ring (bicyclic) bond motifs is 3. The molecule has 2 aromatic rings. The molecule has 2 aromatic carbocycles. The molecule has 2 bridgehead atoms. The predicted octanol–water partition coefficient (Wildman–Crippen LogP) is 5.64. The summed E-state index contributed by atoms with van der Waals surface area (Å²) in [5, 5.41) is 10.2. The molecule has 2 fully saturated rings. The van der Waals surface area contributed by atoms with Gasteiger partial charge in [0.15, 0.2) is 6.29 Å². The molecule has 1 saturated carbocycles. The van der Waals surface area contributed by atoms with Crippen LogP contribution in [0, 0.1) is 23.7 Å². The molecule has 0 aromatic heterocycles. The number of benzene rings is 2. The van der Waals surface area contributed by atoms with Crippen molar-refractivity contribution in [2.75, 3.05) is 51.9 Å². The number of likely N-dealkylation sites (N-methyl/N-ethyl adjacent to an activating group) is 1. The molecule has 2 N–H and O–H groups in total. The van der Waals surface area contributed by atoms with E-state index in [-0.39, 0.29) is 24.0 Å². The standard InChI is InChI=1S/C38H54ClN3O7S/c1-25-8-7-10-33(37-48-23-38(22-43,24-49-37)41(3)4)32-15-12-29(32)20-42-17-6-5-9-27-18-31(39)14-11-30(27)21-47-35-16-13-28(19-34(35)42)36(44)40-50(45,46)26(25)2/h11,13-14,16,18-19,25-26,29,32-33,37,43H,5-10,12,15,17,20-24H2,1-4H3,(H,40,44)/t25-,26+,29-,32+,33-,37?,38?/m0/s1. The second kappa shape index (κ2) is 15.7. The Morgan fingerprint density at radius 1 is 0.980 bits per heavy atom. The van der Waals surface area contributed by atoms with Crippen molar-refractivity contribution in [3.63, 3.8) is 0 Å². The molecule has 1 amide bonds. The maximum absolute atomic E-state index is 13.5. The molecule has 4 aliphatic rings. The Bertz CT molecular complexity index is 1610. The number of nitrogens with zero attached hydrogens (tertiary/aromatic N) is 2. The van der Waals surface area contributed by atoms with Crippen molar-refractivity contribution >= 4 is 33.2 Å². The molecule has 3 aliphatic heterocycles. The molecule has 12 heteroatoms. The number of hydrogen-bond acceptors (Lipinski definition) is 9. The molecular weight excluding hydrogens is 678 g/mol. The van der Waals surface area contributed by atoms with Crippen molar-refractivity contribution in [3.8, 4) is 5.75 Å². The fourth-order valence-corrected chi connectivity index (χ4v) is 9.60. The van der Waals surface area contributed by atoms with Crippen LogP contribution in [0.5, 0.6) is 5.75 Å². The minimum absolute atomic E-state index is 0.0552. The van der Waals surface area contributed by atoms with Gasteiger partial charge in [0.1, 0.15) is 12.4 Å². The first-order valence-electron chi connectivity index (χ1n) is 18.3. The van der Waals surface area contributed by atoms with Crippen LogP contribution in [-0.2, 0) is 32.5 Å². The zero-order valence-electron chi connectivity index (χ0n) is 29.9. The SMILES string of the molecule is C[C@@H]1[C@@H](C)CCC[C@H](C2OCC(CO)(N(C)C)CO2)[C@@H]2CC[C@H]2CN2CCCCc3cc(Cl)ccc3COc3ccc(cc32)C(=O)NS1(=O)=O. The van der Waals surface area contributed by atoms with E-state index in [0.29, 0.717) is 48.8 Å². The van der Waals surface area contributed by atoms with Crippen LogP contribution in [0.4, 0.5) is 5.69 Å². The van der Waals surface area contributed by atoms with Gasteiger partial charge in [-0.3, -0.25) is 9.69 Å². The highest BCUT2D eigenvalue weighted by Gasteiger charge is 2.46. The van der Waals surface area contributed by atoms with Gasteiger partial charge < -0.3 is 24.2 Å². The van der Waals surface area contributed by atoms with Gasteiger partial charge in [-0.15, -0.1) is 0 Å². The molecule has 50 heavy (non-hydrogen) atoms. The highest BCUT2D eigenvalue weighted by molar-refractivity contribution is 7.90. The smallest absolute Gasteiger partial charge is 0.264 e. The van der Waals surface area contributed by atoms with Crippen molar-refractivity contribution in [3.05, 3.63) is 58.1 Å². The lowest BCUT2D eigenvalue weighted by Gasteiger charge is -2.50. The van der Waals surface area contributed by atoms with Gasteiger partial charge in [-0.1, -0.05) is 31.0 Å². The van der Waals surface area contributed by atoms with Gasteiger partial charge in [0.25, 0.3) is 5.91 Å². The number of carbonyl (C=O) groups excluding carboxylic acids is 1. The number of carbonyl (C=O) groups is 1. The first-order valence-corrected chi connectivity index (χ1v) is 20.2. The van der Waals surface area contributed by atoms with Crippen molar-refractivity contribution < 1.29 is 32.5 Å². The van der Waals surface area contributed by atoms with Gasteiger partial charge >= 0.3 is 0 Å². The van der Waals surface area contributed by atoms with E-state index >= 15 is 0 Å². The third kappa shape index (κ3) is 7.98. The van der Waals surface area contributed by atoms with Gasteiger partial charge in [-0.25, -0.2) is 13.1 Å². The highest BCUT2D eigenvalue weighted by atomic mass is 35.5. The van der Waals surface area contributed by atoms with Crippen LogP contribution in [0.15, 0.2) is 36.4 Å². The first-order chi connectivity index (χ1) is 23.9. The summed E-state index contributed by atoms with van der Waals surface area (Å²) in [7, 11) is -0.0603. The average molecular weight is 732 g/mol. The second-order valence-corrected chi connectivity index (χ2v) is 17.8. The van der Waals surface area contributed by atoms with Crippen molar-refractivity contribution in [2.24, 2.45) is 23.7 Å². The number of anilines is 1. The topological polar surface area (TPSA) is 118 Å². The molecular formula is C38H54ClN3O7S. The Hall–Kier alpha value is -2.41. The number of aliphatic hydroxyl groups excluding tert-OH is 1. The molecule has 3 heterocycles. The molecule has 10 nitrogen and oxygen atoms in total. The summed E-state index contributed by atoms with van der Waals surface area (Å²) in [6, 6.07) is 11.2. The number of sulfonamides is 1. The Labute approximate surface area is 302 Å². The van der Waals surface area contributed by atoms with E-state index in [0.717, 1.165) is 69.3 Å². The number of aliphatic hydroxyl groups is 1. The van der Waals surface area contributed by atoms with E-state index in [4.69, 9.17) is 25.8 Å². The Kier molecular flexibility index (Phi) is 11.7. The molecule has 5 atom stereocenters. The molecule has 0 spiro atoms. The number of nitrogens with one attached hydrogen (secondary N) is 1. The van der Waals surface area contributed by atoms with E-state index in [1.54, 1.807) is 25.1 Å². The van der Waals surface area contributed by atoms with Crippen molar-refractivity contribution in [1.82, 2.24) is 9.62 Å². The van der Waals surface area contributed by atoms with E-state index in [2.05, 4.69) is 9.62 Å². The van der Waals surface area contributed by atoms with Crippen LogP contribution >= 0.6 is 11.6 Å². The Balaban J connectivity index is 1.34. The van der Waals surface area contributed by atoms with Crippen LogP contribution in [0.25, 0.3) is 0 Å². The number of ether oxygens (including phenoxy) is 3. The lowest BCUT2D eigenvalue weighted by molar-refractivity contribution is -0.267. The Morgan fingerprint density at radius 2 is 1.76 bits per heavy atom. The summed E-state index contributed by atoms with van der Waals surface area (Å²) in [5.41, 5.74) is 2.76. The summed E-state index contributed by atoms with van der Waals surface area (Å²) in [4.78, 5) is 17.9. The summed E-state index contributed by atoms with van der Waals surface area (Å²) in [5.74, 6) is 0.727. The Morgan fingerprint density at radius 3 is 2.46 bits per heavy atom. The summed E-state index contributed by atoms with van der Waals surface area (Å²) in [6.45, 7) is 6.23. The molecule has 6 rings (SSSR count). The van der Waals surface area contributed by atoms with Gasteiger partial charge in [-0.05, 0) is 125 Å². The lowest BCUT2D eigenvalue weighted by Crippen LogP contribution is -2.60. The number of amides is 1. The number of rotatable bonds is 3. The number of halogens is 1. The molecule has 0 unspecified atom stereocenters. The van der Waals surface area contributed by atoms with Crippen molar-refractivity contribution in [2.45, 2.75) is 88.9 Å². The van der Waals surface area contributed by atoms with Crippen LogP contribution in [0.3, 0.4) is 0 Å². The maximum atomic E-state index is 13.5. The zero-order chi connectivity index (χ0) is 35.6. The normalized spacial score (nSPS) is 32.4. The largest absolute Gasteiger partial charge is 0.487 e. The van der Waals surface area contributed by atoms with E-state index < -0.39 is 33.0 Å². The average Bonchev–Trinajstić information content (AvgIpc) is 3.11. The van der Waals surface area contributed by atoms with E-state index in [9.17, 15) is 18.3 Å². The number of hydrogen-bond donors (Lipinski definition) is 2. The summed E-state index contributed by atoms with van der Waals surface area (Å²) < 4.78 is 48.8. The predicted molar refractivity (Wildman–Crippen MR) is 195 cm³/mol. The third-order valence-electron chi connectivity index (χ3n) is 12.1. The molecule has 1 aliphatic carbocycles. The van der Waals surface area contributed by atoms with Crippen LogP contribution in [0.1, 0.15) is 80.3 Å². The summed E-state index contributed by atoms with van der Waals surface area (Å²) in [6.07, 6.45) is 6.88. The first kappa shape index (κ1) is 37.4. The minimum Gasteiger partial charge on any atom is -0.487 e. The third-order valence-corrected chi connectivity index (χ3v) is 14.2. The quantitative estimate of drug-likeness (QED) is 0.414. The van der Waals surface area contributed by atoms with E-state index in [1.807, 2.05) is 44.1 Å². The van der Waals surface area contributed by atoms with Crippen LogP contribution in [-0.4, -0.2) is 88.4 Å².